The Bertz CT molecular complexity index is 559. The van der Waals surface area contributed by atoms with Gasteiger partial charge in [-0.25, -0.2) is 4.90 Å². The van der Waals surface area contributed by atoms with Gasteiger partial charge in [0.05, 0.1) is 23.8 Å². The summed E-state index contributed by atoms with van der Waals surface area (Å²) in [6.07, 6.45) is 0.00876. The highest BCUT2D eigenvalue weighted by Crippen LogP contribution is 2.34. The number of benzene rings is 1. The van der Waals surface area contributed by atoms with Crippen LogP contribution in [0.1, 0.15) is 6.42 Å². The molecule has 1 N–H and O–H groups in total. The summed E-state index contributed by atoms with van der Waals surface area (Å²) >= 11 is 0.963. The van der Waals surface area contributed by atoms with Crippen molar-refractivity contribution in [1.29, 1.82) is 0 Å². The van der Waals surface area contributed by atoms with Crippen molar-refractivity contribution in [3.63, 3.8) is 0 Å². The molecule has 6 nitrogen and oxygen atoms in total. The summed E-state index contributed by atoms with van der Waals surface area (Å²) in [6, 6.07) is 6.73. The van der Waals surface area contributed by atoms with Crippen molar-refractivity contribution in [3.05, 3.63) is 24.3 Å². The van der Waals surface area contributed by atoms with Gasteiger partial charge in [-0.15, -0.1) is 11.8 Å². The Labute approximate surface area is 119 Å². The molecule has 0 saturated carbocycles. The molecular weight excluding hydrogens is 282 g/mol. The minimum Gasteiger partial charge on any atom is -0.495 e. The number of nitrogens with zero attached hydrogens (tertiary/aromatic N) is 1. The quantitative estimate of drug-likeness (QED) is 0.820. The van der Waals surface area contributed by atoms with E-state index in [1.807, 2.05) is 0 Å². The SMILES string of the molecule is COc1ccccc1N1C(=O)C[C@H](SCC(=O)O)C1=O. The number of thioether (sulfide) groups is 1. The zero-order chi connectivity index (χ0) is 14.7. The molecule has 0 spiro atoms. The molecule has 1 aliphatic heterocycles. The Hall–Kier alpha value is -2.02. The van der Waals surface area contributed by atoms with E-state index < -0.39 is 17.1 Å². The van der Waals surface area contributed by atoms with E-state index in [9.17, 15) is 14.4 Å². The van der Waals surface area contributed by atoms with Crippen LogP contribution in [-0.4, -0.2) is 41.0 Å². The molecule has 1 aliphatic rings. The fourth-order valence-corrected chi connectivity index (χ4v) is 2.83. The first-order valence-corrected chi connectivity index (χ1v) is 6.92. The molecule has 1 saturated heterocycles. The number of hydrogen-bond donors (Lipinski definition) is 1. The van der Waals surface area contributed by atoms with Crippen LogP contribution in [0, 0.1) is 0 Å². The van der Waals surface area contributed by atoms with Crippen molar-refractivity contribution in [3.8, 4) is 5.75 Å². The second kappa shape index (κ2) is 5.96. The number of imide groups is 1. The van der Waals surface area contributed by atoms with Crippen LogP contribution in [0.3, 0.4) is 0 Å². The Morgan fingerprint density at radius 2 is 2.15 bits per heavy atom. The van der Waals surface area contributed by atoms with Crippen LogP contribution in [0.4, 0.5) is 5.69 Å². The lowest BCUT2D eigenvalue weighted by Crippen LogP contribution is -2.31. The molecule has 1 aromatic rings. The van der Waals surface area contributed by atoms with Gasteiger partial charge in [0.1, 0.15) is 5.75 Å². The fourth-order valence-electron chi connectivity index (χ4n) is 1.97. The van der Waals surface area contributed by atoms with Gasteiger partial charge in [0.15, 0.2) is 0 Å². The molecule has 2 amide bonds. The fraction of sp³-hybridized carbons (Fsp3) is 0.308. The van der Waals surface area contributed by atoms with Crippen molar-refractivity contribution in [2.45, 2.75) is 11.7 Å². The van der Waals surface area contributed by atoms with E-state index >= 15 is 0 Å². The van der Waals surface area contributed by atoms with Crippen LogP contribution in [-0.2, 0) is 14.4 Å². The maximum atomic E-state index is 12.2. The highest BCUT2D eigenvalue weighted by Gasteiger charge is 2.41. The number of aliphatic carboxylic acids is 1. The second-order valence-electron chi connectivity index (χ2n) is 4.14. The lowest BCUT2D eigenvalue weighted by atomic mass is 10.2. The van der Waals surface area contributed by atoms with Crippen LogP contribution >= 0.6 is 11.8 Å². The van der Waals surface area contributed by atoms with E-state index in [4.69, 9.17) is 9.84 Å². The predicted molar refractivity (Wildman–Crippen MR) is 74.0 cm³/mol. The largest absolute Gasteiger partial charge is 0.495 e. The molecule has 1 heterocycles. The average molecular weight is 295 g/mol. The number of carbonyl (C=O) groups is 3. The van der Waals surface area contributed by atoms with E-state index in [1.54, 1.807) is 24.3 Å². The first-order valence-electron chi connectivity index (χ1n) is 5.87. The van der Waals surface area contributed by atoms with E-state index in [1.165, 1.54) is 7.11 Å². The van der Waals surface area contributed by atoms with Crippen LogP contribution in [0.2, 0.25) is 0 Å². The lowest BCUT2D eigenvalue weighted by Gasteiger charge is -2.17. The zero-order valence-electron chi connectivity index (χ0n) is 10.7. The number of hydrogen-bond acceptors (Lipinski definition) is 5. The molecule has 1 fully saturated rings. The topological polar surface area (TPSA) is 83.9 Å². The van der Waals surface area contributed by atoms with Gasteiger partial charge in [-0.2, -0.15) is 0 Å². The van der Waals surface area contributed by atoms with Gasteiger partial charge < -0.3 is 9.84 Å². The number of methoxy groups -OCH3 is 1. The van der Waals surface area contributed by atoms with Gasteiger partial charge in [-0.3, -0.25) is 14.4 Å². The average Bonchev–Trinajstić information content (AvgIpc) is 2.71. The normalized spacial score (nSPS) is 18.4. The maximum Gasteiger partial charge on any atom is 0.313 e. The Balaban J connectivity index is 2.22. The van der Waals surface area contributed by atoms with E-state index in [0.29, 0.717) is 11.4 Å². The van der Waals surface area contributed by atoms with E-state index in [0.717, 1.165) is 16.7 Å². The molecule has 0 radical (unpaired) electrons. The van der Waals surface area contributed by atoms with Gasteiger partial charge in [0.25, 0.3) is 0 Å². The number of carboxylic acids is 1. The van der Waals surface area contributed by atoms with Crippen molar-refractivity contribution in [1.82, 2.24) is 0 Å². The first kappa shape index (κ1) is 14.4. The summed E-state index contributed by atoms with van der Waals surface area (Å²) in [7, 11) is 1.46. The molecule has 0 unspecified atom stereocenters. The van der Waals surface area contributed by atoms with Crippen LogP contribution in [0.15, 0.2) is 24.3 Å². The van der Waals surface area contributed by atoms with Crippen LogP contribution < -0.4 is 9.64 Å². The van der Waals surface area contributed by atoms with Gasteiger partial charge in [-0.05, 0) is 12.1 Å². The van der Waals surface area contributed by atoms with E-state index in [-0.39, 0.29) is 18.1 Å². The second-order valence-corrected chi connectivity index (χ2v) is 5.33. The number of carbonyl (C=O) groups excluding carboxylic acids is 2. The molecule has 20 heavy (non-hydrogen) atoms. The summed E-state index contributed by atoms with van der Waals surface area (Å²) in [4.78, 5) is 35.8. The smallest absolute Gasteiger partial charge is 0.313 e. The van der Waals surface area contributed by atoms with Gasteiger partial charge in [-0.1, -0.05) is 12.1 Å². The molecule has 2 rings (SSSR count). The molecular formula is C13H13NO5S. The molecule has 1 aromatic carbocycles. The third-order valence-electron chi connectivity index (χ3n) is 2.84. The van der Waals surface area contributed by atoms with Gasteiger partial charge >= 0.3 is 5.97 Å². The third kappa shape index (κ3) is 2.77. The summed E-state index contributed by atoms with van der Waals surface area (Å²) in [5.41, 5.74) is 0.392. The molecule has 0 aromatic heterocycles. The van der Waals surface area contributed by atoms with Crippen molar-refractivity contribution in [2.75, 3.05) is 17.8 Å². The number of para-hydroxylation sites is 2. The highest BCUT2D eigenvalue weighted by molar-refractivity contribution is 8.01. The Morgan fingerprint density at radius 1 is 1.45 bits per heavy atom. The summed E-state index contributed by atoms with van der Waals surface area (Å²) < 4.78 is 5.14. The minimum atomic E-state index is -1.01. The van der Waals surface area contributed by atoms with Gasteiger partial charge in [0, 0.05) is 6.42 Å². The molecule has 106 valence electrons. The Kier molecular flexibility index (Phi) is 4.29. The molecule has 0 bridgehead atoms. The third-order valence-corrected chi connectivity index (χ3v) is 4.02. The summed E-state index contributed by atoms with van der Waals surface area (Å²) in [6.45, 7) is 0. The van der Waals surface area contributed by atoms with Crippen molar-refractivity contribution in [2.24, 2.45) is 0 Å². The number of ether oxygens (including phenoxy) is 1. The number of rotatable bonds is 5. The van der Waals surface area contributed by atoms with Crippen LogP contribution in [0.5, 0.6) is 5.75 Å². The molecule has 0 aliphatic carbocycles. The van der Waals surface area contributed by atoms with E-state index in [2.05, 4.69) is 0 Å². The minimum absolute atomic E-state index is 0.00876. The number of anilines is 1. The summed E-state index contributed by atoms with van der Waals surface area (Å²) in [5.74, 6) is -1.53. The Morgan fingerprint density at radius 3 is 2.80 bits per heavy atom. The van der Waals surface area contributed by atoms with Crippen molar-refractivity contribution >= 4 is 35.2 Å². The monoisotopic (exact) mass is 295 g/mol. The standard InChI is InChI=1S/C13H13NO5S/c1-19-9-5-3-2-4-8(9)14-11(15)6-10(13(14)18)20-7-12(16)17/h2-5,10H,6-7H2,1H3,(H,16,17)/t10-/m0/s1. The summed E-state index contributed by atoms with van der Waals surface area (Å²) in [5, 5.41) is 7.99. The highest BCUT2D eigenvalue weighted by atomic mass is 32.2. The maximum absolute atomic E-state index is 12.2. The number of carboxylic acid groups (broad SMARTS) is 1. The number of amides is 2. The molecule has 7 heteroatoms. The molecule has 1 atom stereocenters. The predicted octanol–water partition coefficient (Wildman–Crippen LogP) is 1.14. The van der Waals surface area contributed by atoms with Crippen molar-refractivity contribution < 1.29 is 24.2 Å². The first-order chi connectivity index (χ1) is 9.54. The zero-order valence-corrected chi connectivity index (χ0v) is 11.6. The lowest BCUT2D eigenvalue weighted by molar-refractivity contribution is -0.134. The van der Waals surface area contributed by atoms with Gasteiger partial charge in [0.2, 0.25) is 11.8 Å². The van der Waals surface area contributed by atoms with Crippen LogP contribution in [0.25, 0.3) is 0 Å².